The number of phenols is 4. The molecule has 2 aromatic carbocycles. The van der Waals surface area contributed by atoms with Gasteiger partial charge in [0.2, 0.25) is 0 Å². The molecule has 20 nitrogen and oxygen atoms in total. The topological polar surface area (TPSA) is 324 Å². The van der Waals surface area contributed by atoms with E-state index in [1.165, 1.54) is 49.4 Å². The van der Waals surface area contributed by atoms with Crippen LogP contribution in [0.5, 0.6) is 23.0 Å². The smallest absolute Gasteiger partial charge is 0.331 e. The molecule has 15 atom stereocenters. The highest BCUT2D eigenvalue weighted by Gasteiger charge is 2.51. The van der Waals surface area contributed by atoms with Crippen molar-refractivity contribution in [2.45, 2.75) is 105 Å². The fourth-order valence-corrected chi connectivity index (χ4v) is 6.18. The Labute approximate surface area is 313 Å². The lowest BCUT2D eigenvalue weighted by Crippen LogP contribution is -2.64. The average Bonchev–Trinajstić information content (AvgIpc) is 3.16. The summed E-state index contributed by atoms with van der Waals surface area (Å²) in [6, 6.07) is 7.85. The predicted octanol–water partition coefficient (Wildman–Crippen LogP) is -3.19. The monoisotopic (exact) mass is 786 g/mol. The number of aromatic hydroxyl groups is 4. The Bertz CT molecular complexity index is 1610. The second-order valence-corrected chi connectivity index (χ2v) is 13.3. The summed E-state index contributed by atoms with van der Waals surface area (Å²) in [5, 5.41) is 123. The van der Waals surface area contributed by atoms with Crippen molar-refractivity contribution in [1.82, 2.24) is 0 Å². The predicted molar refractivity (Wildman–Crippen MR) is 180 cm³/mol. The third-order valence-corrected chi connectivity index (χ3v) is 9.36. The van der Waals surface area contributed by atoms with E-state index in [1.54, 1.807) is 0 Å². The number of hydrogen-bond donors (Lipinski definition) is 12. The number of carbonyl (C=O) groups is 1. The molecule has 2 aromatic rings. The van der Waals surface area contributed by atoms with Crippen molar-refractivity contribution in [3.8, 4) is 23.0 Å². The lowest BCUT2D eigenvalue weighted by molar-refractivity contribution is -0.360. The largest absolute Gasteiger partial charge is 0.504 e. The van der Waals surface area contributed by atoms with Gasteiger partial charge in [0.1, 0.15) is 61.0 Å². The first-order valence-corrected chi connectivity index (χ1v) is 17.2. The number of aliphatic hydroxyl groups excluding tert-OH is 8. The summed E-state index contributed by atoms with van der Waals surface area (Å²) in [6.07, 6.45) is -21.8. The standard InChI is InChI=1S/C35H46O20/c1-14-31(55-35-28(46)25(43)24(42)21(12-36)52-35)26(44)29(47)34(51-14)50-13-22-32(54-23(41)7-4-15-2-5-17(37)19(39)10-15)27(45)30(48)33(53-22)49-9-8-16-3-6-18(38)20(40)11-16/h2-7,10-11,14,21-22,24-40,42-48H,8-9,12-13H2,1H3/b7-4+/t14-,21-,22-,24-,25+,26-,27-,28-,29-,30-,31-,32-,33-,34-,35+/m1/s1. The quantitative estimate of drug-likeness (QED) is 0.0541. The van der Waals surface area contributed by atoms with E-state index in [4.69, 9.17) is 33.2 Å². The van der Waals surface area contributed by atoms with E-state index in [9.17, 15) is 66.1 Å². The summed E-state index contributed by atoms with van der Waals surface area (Å²) >= 11 is 0. The second-order valence-electron chi connectivity index (χ2n) is 13.3. The molecule has 0 radical (unpaired) electrons. The molecule has 3 aliphatic rings. The normalized spacial score (nSPS) is 36.9. The Hall–Kier alpha value is -3.71. The van der Waals surface area contributed by atoms with E-state index < -0.39 is 117 Å². The van der Waals surface area contributed by atoms with E-state index >= 15 is 0 Å². The number of benzene rings is 2. The van der Waals surface area contributed by atoms with Gasteiger partial charge < -0.3 is 94.4 Å². The molecule has 306 valence electrons. The van der Waals surface area contributed by atoms with Gasteiger partial charge in [-0.2, -0.15) is 0 Å². The number of aliphatic hydroxyl groups is 8. The zero-order valence-corrected chi connectivity index (χ0v) is 29.2. The fourth-order valence-electron chi connectivity index (χ4n) is 6.18. The summed E-state index contributed by atoms with van der Waals surface area (Å²) in [5.74, 6) is -2.56. The second kappa shape index (κ2) is 18.5. The van der Waals surface area contributed by atoms with Crippen LogP contribution in [0.4, 0.5) is 0 Å². The van der Waals surface area contributed by atoms with Crippen LogP contribution in [-0.4, -0.2) is 179 Å². The van der Waals surface area contributed by atoms with Gasteiger partial charge in [0.25, 0.3) is 0 Å². The highest BCUT2D eigenvalue weighted by Crippen LogP contribution is 2.32. The molecule has 3 aliphatic heterocycles. The molecule has 0 bridgehead atoms. The first kappa shape index (κ1) is 42.4. The Morgan fingerprint density at radius 2 is 1.27 bits per heavy atom. The van der Waals surface area contributed by atoms with Crippen LogP contribution >= 0.6 is 0 Å². The van der Waals surface area contributed by atoms with Crippen LogP contribution in [0.25, 0.3) is 6.08 Å². The molecule has 0 saturated carbocycles. The molecule has 12 N–H and O–H groups in total. The van der Waals surface area contributed by atoms with Crippen LogP contribution in [0.3, 0.4) is 0 Å². The molecule has 0 aromatic heterocycles. The summed E-state index contributed by atoms with van der Waals surface area (Å²) in [4.78, 5) is 12.9. The van der Waals surface area contributed by atoms with Gasteiger partial charge >= 0.3 is 5.97 Å². The lowest BCUT2D eigenvalue weighted by atomic mass is 9.97. The van der Waals surface area contributed by atoms with E-state index in [0.29, 0.717) is 11.1 Å². The number of rotatable bonds is 13. The van der Waals surface area contributed by atoms with E-state index in [-0.39, 0.29) is 30.3 Å². The van der Waals surface area contributed by atoms with Crippen LogP contribution in [0.2, 0.25) is 0 Å². The molecule has 3 fully saturated rings. The van der Waals surface area contributed by atoms with Gasteiger partial charge in [-0.3, -0.25) is 0 Å². The van der Waals surface area contributed by atoms with Gasteiger partial charge in [0, 0.05) is 6.08 Å². The first-order valence-electron chi connectivity index (χ1n) is 17.2. The first-order chi connectivity index (χ1) is 26.1. The van der Waals surface area contributed by atoms with Crippen molar-refractivity contribution in [3.63, 3.8) is 0 Å². The van der Waals surface area contributed by atoms with Crippen LogP contribution in [-0.2, 0) is 44.4 Å². The van der Waals surface area contributed by atoms with E-state index in [2.05, 4.69) is 0 Å². The minimum absolute atomic E-state index is 0.122. The number of hydrogen-bond acceptors (Lipinski definition) is 20. The van der Waals surface area contributed by atoms with E-state index in [1.807, 2.05) is 0 Å². The maximum atomic E-state index is 12.9. The highest BCUT2D eigenvalue weighted by atomic mass is 16.8. The minimum atomic E-state index is -1.84. The number of carbonyl (C=O) groups excluding carboxylic acids is 1. The summed E-state index contributed by atoms with van der Waals surface area (Å²) in [7, 11) is 0. The molecule has 3 saturated heterocycles. The third-order valence-electron chi connectivity index (χ3n) is 9.36. The Kier molecular flexibility index (Phi) is 14.3. The van der Waals surface area contributed by atoms with Gasteiger partial charge in [-0.25, -0.2) is 4.79 Å². The van der Waals surface area contributed by atoms with Crippen LogP contribution in [0.15, 0.2) is 42.5 Å². The molecule has 3 heterocycles. The van der Waals surface area contributed by atoms with Crippen molar-refractivity contribution in [2.24, 2.45) is 0 Å². The number of ether oxygens (including phenoxy) is 7. The molecule has 0 amide bonds. The van der Waals surface area contributed by atoms with Gasteiger partial charge in [-0.1, -0.05) is 12.1 Å². The van der Waals surface area contributed by atoms with Crippen molar-refractivity contribution in [2.75, 3.05) is 19.8 Å². The SMILES string of the molecule is C[C@H]1O[C@@H](OC[C@H]2O[C@@H](OCCc3ccc(O)c(O)c3)[C@H](O)[C@@H](O)[C@@H]2OC(=O)/C=C/c2ccc(O)c(O)c2)[C@H](O)[C@@H](O)[C@@H]1O[C@@H]1O[C@H](CO)[C@@H](O)[C@H](O)[C@H]1O. The van der Waals surface area contributed by atoms with Crippen LogP contribution < -0.4 is 0 Å². The number of phenolic OH excluding ortho intramolecular Hbond substituents is 4. The molecule has 55 heavy (non-hydrogen) atoms. The molecule has 5 rings (SSSR count). The summed E-state index contributed by atoms with van der Waals surface area (Å²) in [5.41, 5.74) is 0.847. The van der Waals surface area contributed by atoms with Crippen LogP contribution in [0.1, 0.15) is 18.1 Å². The van der Waals surface area contributed by atoms with Gasteiger partial charge in [0.05, 0.1) is 25.9 Å². The van der Waals surface area contributed by atoms with Crippen molar-refractivity contribution < 1.29 is 99.2 Å². The van der Waals surface area contributed by atoms with E-state index in [0.717, 1.165) is 6.08 Å². The molecule has 20 heteroatoms. The Balaban J connectivity index is 1.26. The molecular formula is C35H46O20. The average molecular weight is 787 g/mol. The Morgan fingerprint density at radius 3 is 1.93 bits per heavy atom. The fraction of sp³-hybridized carbons (Fsp3) is 0.571. The maximum Gasteiger partial charge on any atom is 0.331 e. The zero-order chi connectivity index (χ0) is 40.1. The minimum Gasteiger partial charge on any atom is -0.504 e. The van der Waals surface area contributed by atoms with Gasteiger partial charge in [-0.05, 0) is 54.8 Å². The van der Waals surface area contributed by atoms with Crippen molar-refractivity contribution in [1.29, 1.82) is 0 Å². The van der Waals surface area contributed by atoms with Gasteiger partial charge in [-0.15, -0.1) is 0 Å². The Morgan fingerprint density at radius 1 is 0.673 bits per heavy atom. The molecule has 0 spiro atoms. The van der Waals surface area contributed by atoms with Crippen molar-refractivity contribution >= 4 is 12.0 Å². The summed E-state index contributed by atoms with van der Waals surface area (Å²) in [6.45, 7) is -0.0485. The third kappa shape index (κ3) is 10.0. The molecule has 0 unspecified atom stereocenters. The molecular weight excluding hydrogens is 740 g/mol. The number of esters is 1. The zero-order valence-electron chi connectivity index (χ0n) is 29.2. The highest BCUT2D eigenvalue weighted by molar-refractivity contribution is 5.87. The van der Waals surface area contributed by atoms with Crippen molar-refractivity contribution in [3.05, 3.63) is 53.6 Å². The molecule has 0 aliphatic carbocycles. The van der Waals surface area contributed by atoms with Crippen LogP contribution in [0, 0.1) is 0 Å². The lowest BCUT2D eigenvalue weighted by Gasteiger charge is -2.46. The summed E-state index contributed by atoms with van der Waals surface area (Å²) < 4.78 is 39.4. The van der Waals surface area contributed by atoms with Gasteiger partial charge in [0.15, 0.2) is 48.0 Å². The maximum absolute atomic E-state index is 12.9.